The number of pyridine rings is 1. The third-order valence-corrected chi connectivity index (χ3v) is 7.14. The summed E-state index contributed by atoms with van der Waals surface area (Å²) in [5, 5.41) is 6.44. The van der Waals surface area contributed by atoms with Crippen LogP contribution in [0.15, 0.2) is 60.7 Å². The minimum Gasteiger partial charge on any atom is -0.341 e. The van der Waals surface area contributed by atoms with Gasteiger partial charge in [-0.05, 0) is 73.9 Å². The van der Waals surface area contributed by atoms with E-state index in [0.29, 0.717) is 36.1 Å². The van der Waals surface area contributed by atoms with E-state index in [-0.39, 0.29) is 11.7 Å². The van der Waals surface area contributed by atoms with Crippen LogP contribution in [0.25, 0.3) is 22.3 Å². The van der Waals surface area contributed by atoms with E-state index in [2.05, 4.69) is 15.5 Å². The number of aryl methyl sites for hydroxylation is 1. The topological polar surface area (TPSA) is 86.3 Å². The molecule has 1 unspecified atom stereocenters. The molecule has 2 aromatic heterocycles. The van der Waals surface area contributed by atoms with E-state index in [0.717, 1.165) is 54.8 Å². The van der Waals surface area contributed by atoms with Crippen molar-refractivity contribution in [3.05, 3.63) is 72.0 Å². The van der Waals surface area contributed by atoms with Crippen molar-refractivity contribution in [1.82, 2.24) is 20.3 Å². The molecule has 4 heterocycles. The van der Waals surface area contributed by atoms with Gasteiger partial charge in [0.1, 0.15) is 17.4 Å². The Labute approximate surface area is 220 Å². The molecule has 8 nitrogen and oxygen atoms in total. The van der Waals surface area contributed by atoms with E-state index < -0.39 is 6.04 Å². The van der Waals surface area contributed by atoms with E-state index in [1.807, 2.05) is 48.2 Å². The van der Waals surface area contributed by atoms with E-state index in [9.17, 15) is 9.18 Å². The molecule has 194 valence electrons. The van der Waals surface area contributed by atoms with Gasteiger partial charge in [-0.1, -0.05) is 12.1 Å². The number of nitrogens with zero attached hydrogens (tertiary/aromatic N) is 5. The molecule has 2 aliphatic rings. The fourth-order valence-electron chi connectivity index (χ4n) is 5.17. The van der Waals surface area contributed by atoms with E-state index in [1.165, 1.54) is 12.1 Å². The quantitative estimate of drug-likeness (QED) is 0.416. The summed E-state index contributed by atoms with van der Waals surface area (Å²) in [6, 6.07) is 17.4. The monoisotopic (exact) mass is 511 g/mol. The van der Waals surface area contributed by atoms with Crippen molar-refractivity contribution in [3.63, 3.8) is 0 Å². The highest BCUT2D eigenvalue weighted by atomic mass is 19.1. The maximum Gasteiger partial charge on any atom is 0.248 e. The van der Waals surface area contributed by atoms with Crippen molar-refractivity contribution in [3.8, 4) is 11.3 Å². The van der Waals surface area contributed by atoms with Crippen LogP contribution in [0.3, 0.4) is 0 Å². The number of fused-ring (bicyclic) bond motifs is 1. The molecule has 0 saturated carbocycles. The minimum absolute atomic E-state index is 0.105. The highest BCUT2D eigenvalue weighted by molar-refractivity contribution is 5.99. The second-order valence-corrected chi connectivity index (χ2v) is 9.88. The molecule has 6 rings (SSSR count). The van der Waals surface area contributed by atoms with Crippen molar-refractivity contribution < 1.29 is 9.18 Å². The van der Waals surface area contributed by atoms with Crippen LogP contribution in [0.2, 0.25) is 0 Å². The lowest BCUT2D eigenvalue weighted by molar-refractivity contribution is -0.117. The molecule has 2 aliphatic heterocycles. The number of anilines is 3. The van der Waals surface area contributed by atoms with Gasteiger partial charge in [-0.3, -0.25) is 4.79 Å². The van der Waals surface area contributed by atoms with Gasteiger partial charge in [0.05, 0.1) is 11.2 Å². The smallest absolute Gasteiger partial charge is 0.248 e. The second kappa shape index (κ2) is 10.3. The fourth-order valence-corrected chi connectivity index (χ4v) is 5.17. The molecule has 2 N–H and O–H groups in total. The predicted octanol–water partition coefficient (Wildman–Crippen LogP) is 4.16. The number of hydrogen-bond acceptors (Lipinski definition) is 7. The third-order valence-electron chi connectivity index (χ3n) is 7.14. The van der Waals surface area contributed by atoms with Crippen molar-refractivity contribution in [2.24, 2.45) is 0 Å². The molecular weight excluding hydrogens is 481 g/mol. The largest absolute Gasteiger partial charge is 0.341 e. The average molecular weight is 512 g/mol. The number of piperazine rings is 1. The molecule has 2 aromatic carbocycles. The number of carbonyl (C=O) groups excluding carboxylic acids is 1. The van der Waals surface area contributed by atoms with Crippen molar-refractivity contribution in [2.75, 3.05) is 47.8 Å². The lowest BCUT2D eigenvalue weighted by atomic mass is 10.1. The molecule has 1 amide bonds. The van der Waals surface area contributed by atoms with Crippen LogP contribution in [0.5, 0.6) is 0 Å². The first kappa shape index (κ1) is 24.2. The zero-order valence-corrected chi connectivity index (χ0v) is 21.3. The van der Waals surface area contributed by atoms with Crippen LogP contribution in [-0.4, -0.2) is 59.6 Å². The standard InChI is InChI=1S/C29H30FN7O/c1-19-5-4-6-22(17-19)32-28(38)25-18-31-13-16-37(25)27-26-24(34-29(35-27)36-14-2-3-15-36)12-11-23(33-26)20-7-9-21(30)10-8-20/h4-12,17,25,31H,2-3,13-16,18H2,1H3,(H,32,38). The minimum atomic E-state index is -0.481. The SMILES string of the molecule is Cc1cccc(NC(=O)C2CNCCN2c2nc(N3CCCC3)nc3ccc(-c4ccc(F)cc4)nc23)c1. The first-order valence-corrected chi connectivity index (χ1v) is 13.1. The third kappa shape index (κ3) is 4.89. The van der Waals surface area contributed by atoms with Crippen LogP contribution in [-0.2, 0) is 4.79 Å². The Kier molecular flexibility index (Phi) is 6.59. The highest BCUT2D eigenvalue weighted by Gasteiger charge is 2.32. The molecule has 2 fully saturated rings. The maximum atomic E-state index is 13.6. The summed E-state index contributed by atoms with van der Waals surface area (Å²) in [4.78, 5) is 32.6. The Balaban J connectivity index is 1.43. The second-order valence-electron chi connectivity index (χ2n) is 9.88. The van der Waals surface area contributed by atoms with Gasteiger partial charge in [0.25, 0.3) is 0 Å². The van der Waals surface area contributed by atoms with Crippen LogP contribution >= 0.6 is 0 Å². The van der Waals surface area contributed by atoms with Crippen LogP contribution in [0, 0.1) is 12.7 Å². The maximum absolute atomic E-state index is 13.6. The van der Waals surface area contributed by atoms with E-state index in [4.69, 9.17) is 15.0 Å². The van der Waals surface area contributed by atoms with Gasteiger partial charge in [-0.25, -0.2) is 14.4 Å². The van der Waals surface area contributed by atoms with Crippen molar-refractivity contribution >= 4 is 34.4 Å². The fraction of sp³-hybridized carbons (Fsp3) is 0.310. The van der Waals surface area contributed by atoms with Gasteiger partial charge in [0, 0.05) is 44.0 Å². The average Bonchev–Trinajstić information content (AvgIpc) is 3.48. The zero-order valence-electron chi connectivity index (χ0n) is 21.3. The van der Waals surface area contributed by atoms with Crippen molar-refractivity contribution in [1.29, 1.82) is 0 Å². The predicted molar refractivity (Wildman–Crippen MR) is 148 cm³/mol. The molecule has 0 spiro atoms. The first-order chi connectivity index (χ1) is 18.5. The number of carbonyl (C=O) groups is 1. The molecule has 4 aromatic rings. The number of hydrogen-bond donors (Lipinski definition) is 2. The molecular formula is C29H30FN7O. The Hall–Kier alpha value is -4.11. The summed E-state index contributed by atoms with van der Waals surface area (Å²) >= 11 is 0. The Bertz CT molecular complexity index is 1470. The summed E-state index contributed by atoms with van der Waals surface area (Å²) in [6.45, 7) is 5.62. The summed E-state index contributed by atoms with van der Waals surface area (Å²) in [5.74, 6) is 0.911. The van der Waals surface area contributed by atoms with Gasteiger partial charge in [0.15, 0.2) is 5.82 Å². The number of benzene rings is 2. The molecule has 0 aliphatic carbocycles. The van der Waals surface area contributed by atoms with Crippen LogP contribution in [0.1, 0.15) is 18.4 Å². The zero-order chi connectivity index (χ0) is 26.1. The van der Waals surface area contributed by atoms with Gasteiger partial charge in [0.2, 0.25) is 11.9 Å². The number of rotatable bonds is 5. The molecule has 38 heavy (non-hydrogen) atoms. The lowest BCUT2D eigenvalue weighted by Gasteiger charge is -2.36. The number of aromatic nitrogens is 3. The summed E-state index contributed by atoms with van der Waals surface area (Å²) in [5.41, 5.74) is 4.70. The van der Waals surface area contributed by atoms with E-state index in [1.54, 1.807) is 12.1 Å². The molecule has 1 atom stereocenters. The Morgan fingerprint density at radius 1 is 1.00 bits per heavy atom. The normalized spacial score (nSPS) is 17.7. The first-order valence-electron chi connectivity index (χ1n) is 13.1. The van der Waals surface area contributed by atoms with Gasteiger partial charge in [-0.2, -0.15) is 4.98 Å². The van der Waals surface area contributed by atoms with Crippen molar-refractivity contribution in [2.45, 2.75) is 25.8 Å². The van der Waals surface area contributed by atoms with E-state index >= 15 is 0 Å². The molecule has 0 bridgehead atoms. The number of nitrogens with one attached hydrogen (secondary N) is 2. The Morgan fingerprint density at radius 2 is 1.82 bits per heavy atom. The number of halogens is 1. The summed E-state index contributed by atoms with van der Waals surface area (Å²) < 4.78 is 13.6. The van der Waals surface area contributed by atoms with Gasteiger partial charge < -0.3 is 20.4 Å². The summed E-state index contributed by atoms with van der Waals surface area (Å²) in [7, 11) is 0. The van der Waals surface area contributed by atoms with Gasteiger partial charge >= 0.3 is 0 Å². The van der Waals surface area contributed by atoms with Crippen LogP contribution in [0.4, 0.5) is 21.8 Å². The molecule has 0 radical (unpaired) electrons. The molecule has 9 heteroatoms. The van der Waals surface area contributed by atoms with Crippen LogP contribution < -0.4 is 20.4 Å². The number of amides is 1. The summed E-state index contributed by atoms with van der Waals surface area (Å²) in [6.07, 6.45) is 2.21. The Morgan fingerprint density at radius 3 is 2.61 bits per heavy atom. The highest BCUT2D eigenvalue weighted by Crippen LogP contribution is 2.31. The molecule has 2 saturated heterocycles. The van der Waals surface area contributed by atoms with Gasteiger partial charge in [-0.15, -0.1) is 0 Å². The lowest BCUT2D eigenvalue weighted by Crippen LogP contribution is -2.57.